The summed E-state index contributed by atoms with van der Waals surface area (Å²) in [6, 6.07) is 0. The van der Waals surface area contributed by atoms with Crippen molar-refractivity contribution in [2.75, 3.05) is 19.8 Å². The average Bonchev–Trinajstić information content (AvgIpc) is 2.43. The van der Waals surface area contributed by atoms with Gasteiger partial charge in [-0.1, -0.05) is 13.8 Å². The molecule has 0 aromatic rings. The summed E-state index contributed by atoms with van der Waals surface area (Å²) >= 11 is 0. The number of aliphatic hydroxyl groups excluding tert-OH is 1. The second kappa shape index (κ2) is 3.47. The van der Waals surface area contributed by atoms with Crippen LogP contribution in [0.1, 0.15) is 33.1 Å². The SMILES string of the molecule is CC1(C)COCC12CCCC(CO)O2. The van der Waals surface area contributed by atoms with E-state index in [4.69, 9.17) is 14.6 Å². The normalized spacial score (nSPS) is 41.8. The molecule has 0 amide bonds. The summed E-state index contributed by atoms with van der Waals surface area (Å²) in [4.78, 5) is 0. The van der Waals surface area contributed by atoms with E-state index in [2.05, 4.69) is 13.8 Å². The molecule has 1 N–H and O–H groups in total. The molecule has 2 saturated heterocycles. The summed E-state index contributed by atoms with van der Waals surface area (Å²) in [6.45, 7) is 5.99. The predicted octanol–water partition coefficient (Wildman–Crippen LogP) is 1.34. The van der Waals surface area contributed by atoms with Crippen LogP contribution in [-0.2, 0) is 9.47 Å². The third kappa shape index (κ3) is 1.47. The highest BCUT2D eigenvalue weighted by Gasteiger charge is 2.53. The predicted molar refractivity (Wildman–Crippen MR) is 53.1 cm³/mol. The molecule has 2 rings (SSSR count). The first-order valence-electron chi connectivity index (χ1n) is 5.46. The van der Waals surface area contributed by atoms with E-state index in [1.54, 1.807) is 0 Å². The molecule has 2 fully saturated rings. The van der Waals surface area contributed by atoms with Crippen molar-refractivity contribution in [1.29, 1.82) is 0 Å². The van der Waals surface area contributed by atoms with Crippen LogP contribution in [0.3, 0.4) is 0 Å². The van der Waals surface area contributed by atoms with Crippen molar-refractivity contribution in [2.24, 2.45) is 5.41 Å². The molecule has 82 valence electrons. The van der Waals surface area contributed by atoms with Gasteiger partial charge in [0.1, 0.15) is 0 Å². The van der Waals surface area contributed by atoms with Gasteiger partial charge in [-0.3, -0.25) is 0 Å². The van der Waals surface area contributed by atoms with Crippen LogP contribution < -0.4 is 0 Å². The van der Waals surface area contributed by atoms with E-state index in [1.807, 2.05) is 0 Å². The Balaban J connectivity index is 2.14. The molecule has 0 saturated carbocycles. The first kappa shape index (κ1) is 10.4. The topological polar surface area (TPSA) is 38.7 Å². The van der Waals surface area contributed by atoms with Crippen molar-refractivity contribution in [3.05, 3.63) is 0 Å². The third-order valence-electron chi connectivity index (χ3n) is 3.73. The van der Waals surface area contributed by atoms with Crippen molar-refractivity contribution in [1.82, 2.24) is 0 Å². The van der Waals surface area contributed by atoms with Crippen LogP contribution in [0, 0.1) is 5.41 Å². The van der Waals surface area contributed by atoms with E-state index in [9.17, 15) is 0 Å². The van der Waals surface area contributed by atoms with Gasteiger partial charge in [0.05, 0.1) is 31.5 Å². The minimum absolute atomic E-state index is 0.0183. The van der Waals surface area contributed by atoms with Gasteiger partial charge in [-0.2, -0.15) is 0 Å². The maximum Gasteiger partial charge on any atom is 0.0992 e. The molecule has 3 nitrogen and oxygen atoms in total. The highest BCUT2D eigenvalue weighted by Crippen LogP contribution is 2.46. The quantitative estimate of drug-likeness (QED) is 0.694. The Morgan fingerprint density at radius 1 is 1.36 bits per heavy atom. The van der Waals surface area contributed by atoms with Gasteiger partial charge < -0.3 is 14.6 Å². The number of ether oxygens (including phenoxy) is 2. The van der Waals surface area contributed by atoms with Crippen LogP contribution in [0.5, 0.6) is 0 Å². The molecular formula is C11H20O3. The van der Waals surface area contributed by atoms with E-state index >= 15 is 0 Å². The molecule has 0 aliphatic carbocycles. The Bertz CT molecular complexity index is 215. The van der Waals surface area contributed by atoms with Gasteiger partial charge in [-0.25, -0.2) is 0 Å². The Kier molecular flexibility index (Phi) is 2.58. The molecule has 0 aromatic heterocycles. The highest BCUT2D eigenvalue weighted by atomic mass is 16.6. The third-order valence-corrected chi connectivity index (χ3v) is 3.73. The maximum atomic E-state index is 9.14. The van der Waals surface area contributed by atoms with Crippen molar-refractivity contribution in [3.8, 4) is 0 Å². The minimum Gasteiger partial charge on any atom is -0.394 e. The van der Waals surface area contributed by atoms with Crippen molar-refractivity contribution < 1.29 is 14.6 Å². The molecule has 2 heterocycles. The lowest BCUT2D eigenvalue weighted by Crippen LogP contribution is -2.51. The van der Waals surface area contributed by atoms with Crippen LogP contribution in [0.2, 0.25) is 0 Å². The van der Waals surface area contributed by atoms with Crippen LogP contribution in [0.4, 0.5) is 0 Å². The second-order valence-electron chi connectivity index (χ2n) is 5.19. The van der Waals surface area contributed by atoms with E-state index in [-0.39, 0.29) is 23.7 Å². The Morgan fingerprint density at radius 3 is 2.71 bits per heavy atom. The fourth-order valence-electron chi connectivity index (χ4n) is 2.58. The lowest BCUT2D eigenvalue weighted by molar-refractivity contribution is -0.176. The molecule has 14 heavy (non-hydrogen) atoms. The summed E-state index contributed by atoms with van der Waals surface area (Å²) in [5.41, 5.74) is -0.0561. The van der Waals surface area contributed by atoms with Gasteiger partial charge in [-0.15, -0.1) is 0 Å². The maximum absolute atomic E-state index is 9.14. The van der Waals surface area contributed by atoms with Crippen LogP contribution >= 0.6 is 0 Å². The fraction of sp³-hybridized carbons (Fsp3) is 1.00. The summed E-state index contributed by atoms with van der Waals surface area (Å²) in [5, 5.41) is 9.14. The minimum atomic E-state index is -0.140. The molecule has 1 spiro atoms. The molecule has 3 heteroatoms. The summed E-state index contributed by atoms with van der Waals surface area (Å²) in [6.07, 6.45) is 3.20. The Morgan fingerprint density at radius 2 is 2.14 bits per heavy atom. The first-order valence-corrected chi connectivity index (χ1v) is 5.46. The number of rotatable bonds is 1. The molecule has 2 aliphatic rings. The Hall–Kier alpha value is -0.120. The molecular weight excluding hydrogens is 180 g/mol. The monoisotopic (exact) mass is 200 g/mol. The van der Waals surface area contributed by atoms with Gasteiger partial charge in [0.2, 0.25) is 0 Å². The van der Waals surface area contributed by atoms with Crippen molar-refractivity contribution in [3.63, 3.8) is 0 Å². The summed E-state index contributed by atoms with van der Waals surface area (Å²) < 4.78 is 11.6. The molecule has 0 bridgehead atoms. The molecule has 0 radical (unpaired) electrons. The van der Waals surface area contributed by atoms with E-state index < -0.39 is 0 Å². The van der Waals surface area contributed by atoms with Crippen LogP contribution in [0.25, 0.3) is 0 Å². The molecule has 2 atom stereocenters. The van der Waals surface area contributed by atoms with Gasteiger partial charge >= 0.3 is 0 Å². The van der Waals surface area contributed by atoms with Gasteiger partial charge in [0.25, 0.3) is 0 Å². The van der Waals surface area contributed by atoms with Crippen LogP contribution in [-0.4, -0.2) is 36.6 Å². The van der Waals surface area contributed by atoms with E-state index in [0.717, 1.165) is 25.9 Å². The summed E-state index contributed by atoms with van der Waals surface area (Å²) in [7, 11) is 0. The van der Waals surface area contributed by atoms with Gasteiger partial charge in [0, 0.05) is 5.41 Å². The first-order chi connectivity index (χ1) is 6.60. The Labute approximate surface area is 85.4 Å². The van der Waals surface area contributed by atoms with E-state index in [0.29, 0.717) is 6.61 Å². The zero-order chi connectivity index (χ0) is 10.2. The number of hydrogen-bond donors (Lipinski definition) is 1. The smallest absolute Gasteiger partial charge is 0.0992 e. The van der Waals surface area contributed by atoms with Gasteiger partial charge in [0.15, 0.2) is 0 Å². The average molecular weight is 200 g/mol. The van der Waals surface area contributed by atoms with Crippen molar-refractivity contribution in [2.45, 2.75) is 44.8 Å². The molecule has 0 aromatic carbocycles. The second-order valence-corrected chi connectivity index (χ2v) is 5.19. The van der Waals surface area contributed by atoms with Crippen LogP contribution in [0.15, 0.2) is 0 Å². The van der Waals surface area contributed by atoms with Crippen molar-refractivity contribution >= 4 is 0 Å². The molecule has 2 unspecified atom stereocenters. The highest BCUT2D eigenvalue weighted by molar-refractivity contribution is 5.01. The number of hydrogen-bond acceptors (Lipinski definition) is 3. The lowest BCUT2D eigenvalue weighted by Gasteiger charge is -2.45. The lowest BCUT2D eigenvalue weighted by atomic mass is 9.73. The largest absolute Gasteiger partial charge is 0.394 e. The summed E-state index contributed by atoms with van der Waals surface area (Å²) in [5.74, 6) is 0. The zero-order valence-corrected chi connectivity index (χ0v) is 9.08. The zero-order valence-electron chi connectivity index (χ0n) is 9.08. The fourth-order valence-corrected chi connectivity index (χ4v) is 2.58. The molecule has 2 aliphatic heterocycles. The standard InChI is InChI=1S/C11H20O3/c1-10(2)7-13-8-11(10)5-3-4-9(6-12)14-11/h9,12H,3-8H2,1-2H3. The van der Waals surface area contributed by atoms with E-state index in [1.165, 1.54) is 0 Å². The number of aliphatic hydroxyl groups is 1. The van der Waals surface area contributed by atoms with Gasteiger partial charge in [-0.05, 0) is 19.3 Å².